The van der Waals surface area contributed by atoms with Crippen molar-refractivity contribution in [2.24, 2.45) is 0 Å². The normalized spacial score (nSPS) is 16.1. The first-order chi connectivity index (χ1) is 9.09. The predicted octanol–water partition coefficient (Wildman–Crippen LogP) is 1.58. The van der Waals surface area contributed by atoms with Gasteiger partial charge in [0.15, 0.2) is 5.69 Å². The third kappa shape index (κ3) is 3.07. The van der Waals surface area contributed by atoms with Crippen LogP contribution in [0.1, 0.15) is 53.1 Å². The van der Waals surface area contributed by atoms with Crippen LogP contribution in [0.5, 0.6) is 0 Å². The highest BCUT2D eigenvalue weighted by molar-refractivity contribution is 5.92. The molecule has 1 aromatic heterocycles. The zero-order valence-electron chi connectivity index (χ0n) is 10.9. The van der Waals surface area contributed by atoms with Crippen molar-refractivity contribution in [3.05, 3.63) is 23.8 Å². The summed E-state index contributed by atoms with van der Waals surface area (Å²) in [5, 5.41) is 8.73. The molecule has 1 fully saturated rings. The van der Waals surface area contributed by atoms with Crippen LogP contribution in [0.15, 0.2) is 12.4 Å². The Hall–Kier alpha value is -1.98. The highest BCUT2D eigenvalue weighted by Gasteiger charge is 2.24. The lowest BCUT2D eigenvalue weighted by atomic mass is 9.94. The van der Waals surface area contributed by atoms with E-state index in [4.69, 9.17) is 5.11 Å². The molecule has 2 rings (SSSR count). The Bertz CT molecular complexity index is 467. The van der Waals surface area contributed by atoms with Crippen LogP contribution >= 0.6 is 0 Å². The van der Waals surface area contributed by atoms with Crippen molar-refractivity contribution >= 4 is 11.9 Å². The van der Waals surface area contributed by atoms with Crippen LogP contribution in [-0.2, 0) is 0 Å². The Labute approximate surface area is 111 Å². The number of carbonyl (C=O) groups is 2. The molecule has 1 amide bonds. The average molecular weight is 263 g/mol. The molecule has 1 heterocycles. The first-order valence-corrected chi connectivity index (χ1v) is 6.42. The van der Waals surface area contributed by atoms with Gasteiger partial charge in [-0.05, 0) is 12.8 Å². The maximum absolute atomic E-state index is 12.2. The van der Waals surface area contributed by atoms with E-state index in [-0.39, 0.29) is 23.3 Å². The van der Waals surface area contributed by atoms with E-state index in [2.05, 4.69) is 9.97 Å². The lowest BCUT2D eigenvalue weighted by Gasteiger charge is -2.30. The summed E-state index contributed by atoms with van der Waals surface area (Å²) in [7, 11) is 1.77. The van der Waals surface area contributed by atoms with Crippen LogP contribution < -0.4 is 0 Å². The molecule has 6 nitrogen and oxygen atoms in total. The molecule has 1 aromatic rings. The number of aromatic carboxylic acids is 1. The van der Waals surface area contributed by atoms with E-state index in [0.29, 0.717) is 0 Å². The SMILES string of the molecule is CN(C(=O)c1cnc(C(=O)O)cn1)C1CCCCC1. The standard InChI is InChI=1S/C13H17N3O3/c1-16(9-5-3-2-4-6-9)12(17)10-7-15-11(8-14-10)13(18)19/h7-9H,2-6H2,1H3,(H,18,19). The predicted molar refractivity (Wildman–Crippen MR) is 68.0 cm³/mol. The number of carbonyl (C=O) groups excluding carboxylic acids is 1. The van der Waals surface area contributed by atoms with Gasteiger partial charge >= 0.3 is 5.97 Å². The number of amides is 1. The molecule has 1 N–H and O–H groups in total. The Morgan fingerprint density at radius 3 is 2.26 bits per heavy atom. The molecule has 0 spiro atoms. The van der Waals surface area contributed by atoms with Gasteiger partial charge in [-0.2, -0.15) is 0 Å². The van der Waals surface area contributed by atoms with Gasteiger partial charge in [0.2, 0.25) is 0 Å². The molecule has 0 saturated heterocycles. The van der Waals surface area contributed by atoms with Crippen molar-refractivity contribution in [3.63, 3.8) is 0 Å². The summed E-state index contributed by atoms with van der Waals surface area (Å²) in [6.45, 7) is 0. The fourth-order valence-corrected chi connectivity index (χ4v) is 2.36. The van der Waals surface area contributed by atoms with Crippen molar-refractivity contribution < 1.29 is 14.7 Å². The largest absolute Gasteiger partial charge is 0.476 e. The third-order valence-electron chi connectivity index (χ3n) is 3.53. The second-order valence-corrected chi connectivity index (χ2v) is 4.80. The monoisotopic (exact) mass is 263 g/mol. The van der Waals surface area contributed by atoms with E-state index in [0.717, 1.165) is 31.9 Å². The summed E-state index contributed by atoms with van der Waals surface area (Å²) in [6.07, 6.45) is 7.89. The molecule has 0 unspecified atom stereocenters. The fraction of sp³-hybridized carbons (Fsp3) is 0.538. The number of carboxylic acid groups (broad SMARTS) is 1. The smallest absolute Gasteiger partial charge is 0.356 e. The van der Waals surface area contributed by atoms with Crippen LogP contribution in [0, 0.1) is 0 Å². The molecule has 0 radical (unpaired) electrons. The van der Waals surface area contributed by atoms with Gasteiger partial charge in [0.1, 0.15) is 5.69 Å². The van der Waals surface area contributed by atoms with Crippen molar-refractivity contribution in [2.45, 2.75) is 38.1 Å². The van der Waals surface area contributed by atoms with Crippen molar-refractivity contribution in [3.8, 4) is 0 Å². The van der Waals surface area contributed by atoms with Gasteiger partial charge in [-0.25, -0.2) is 14.8 Å². The number of hydrogen-bond donors (Lipinski definition) is 1. The Kier molecular flexibility index (Phi) is 4.09. The molecule has 1 aliphatic carbocycles. The number of rotatable bonds is 3. The topological polar surface area (TPSA) is 83.4 Å². The Morgan fingerprint density at radius 2 is 1.74 bits per heavy atom. The van der Waals surface area contributed by atoms with E-state index >= 15 is 0 Å². The molecule has 19 heavy (non-hydrogen) atoms. The van der Waals surface area contributed by atoms with Crippen LogP contribution in [0.3, 0.4) is 0 Å². The van der Waals surface area contributed by atoms with Crippen molar-refractivity contribution in [1.29, 1.82) is 0 Å². The molecule has 0 aliphatic heterocycles. The number of nitrogens with zero attached hydrogens (tertiary/aromatic N) is 3. The summed E-state index contributed by atoms with van der Waals surface area (Å²) >= 11 is 0. The molecule has 6 heteroatoms. The van der Waals surface area contributed by atoms with E-state index in [1.807, 2.05) is 0 Å². The van der Waals surface area contributed by atoms with E-state index in [1.54, 1.807) is 11.9 Å². The second-order valence-electron chi connectivity index (χ2n) is 4.80. The minimum atomic E-state index is -1.15. The lowest BCUT2D eigenvalue weighted by molar-refractivity contribution is 0.0672. The van der Waals surface area contributed by atoms with E-state index < -0.39 is 5.97 Å². The molecule has 0 aromatic carbocycles. The third-order valence-corrected chi connectivity index (χ3v) is 3.53. The first kappa shape index (κ1) is 13.5. The number of carboxylic acids is 1. The highest BCUT2D eigenvalue weighted by atomic mass is 16.4. The van der Waals surface area contributed by atoms with Crippen molar-refractivity contribution in [2.75, 3.05) is 7.05 Å². The summed E-state index contributed by atoms with van der Waals surface area (Å²) in [5.41, 5.74) is 0.0370. The van der Waals surface area contributed by atoms with Gasteiger partial charge < -0.3 is 10.0 Å². The number of hydrogen-bond acceptors (Lipinski definition) is 4. The van der Waals surface area contributed by atoms with E-state index in [9.17, 15) is 9.59 Å². The molecule has 1 saturated carbocycles. The van der Waals surface area contributed by atoms with Gasteiger partial charge in [-0.3, -0.25) is 4.79 Å². The Morgan fingerprint density at radius 1 is 1.16 bits per heavy atom. The van der Waals surface area contributed by atoms with Gasteiger partial charge in [-0.15, -0.1) is 0 Å². The van der Waals surface area contributed by atoms with Gasteiger partial charge in [0.05, 0.1) is 12.4 Å². The van der Waals surface area contributed by atoms with Crippen molar-refractivity contribution in [1.82, 2.24) is 14.9 Å². The summed E-state index contributed by atoms with van der Waals surface area (Å²) in [5.74, 6) is -1.34. The number of aromatic nitrogens is 2. The lowest BCUT2D eigenvalue weighted by Crippen LogP contribution is -2.38. The van der Waals surface area contributed by atoms with Crippen LogP contribution in [0.2, 0.25) is 0 Å². The van der Waals surface area contributed by atoms with Gasteiger partial charge in [0, 0.05) is 13.1 Å². The summed E-state index contributed by atoms with van der Waals surface area (Å²) in [6, 6.07) is 0.252. The molecule has 1 aliphatic rings. The van der Waals surface area contributed by atoms with Crippen LogP contribution in [-0.4, -0.2) is 44.9 Å². The van der Waals surface area contributed by atoms with Crippen LogP contribution in [0.4, 0.5) is 0 Å². The summed E-state index contributed by atoms with van der Waals surface area (Å²) < 4.78 is 0. The maximum atomic E-state index is 12.2. The highest BCUT2D eigenvalue weighted by Crippen LogP contribution is 2.22. The van der Waals surface area contributed by atoms with Gasteiger partial charge in [-0.1, -0.05) is 19.3 Å². The first-order valence-electron chi connectivity index (χ1n) is 6.42. The van der Waals surface area contributed by atoms with E-state index in [1.165, 1.54) is 12.6 Å². The van der Waals surface area contributed by atoms with Crippen LogP contribution in [0.25, 0.3) is 0 Å². The summed E-state index contributed by atoms with van der Waals surface area (Å²) in [4.78, 5) is 32.2. The molecule has 102 valence electrons. The molecule has 0 bridgehead atoms. The quantitative estimate of drug-likeness (QED) is 0.895. The maximum Gasteiger partial charge on any atom is 0.356 e. The average Bonchev–Trinajstić information content (AvgIpc) is 2.46. The fourth-order valence-electron chi connectivity index (χ4n) is 2.36. The molecular weight excluding hydrogens is 246 g/mol. The second kappa shape index (κ2) is 5.77. The Balaban J connectivity index is 2.07. The molecule has 0 atom stereocenters. The zero-order chi connectivity index (χ0) is 13.8. The zero-order valence-corrected chi connectivity index (χ0v) is 10.9. The molecular formula is C13H17N3O3. The minimum absolute atomic E-state index is 0.156. The van der Waals surface area contributed by atoms with Gasteiger partial charge in [0.25, 0.3) is 5.91 Å². The minimum Gasteiger partial charge on any atom is -0.476 e.